The van der Waals surface area contributed by atoms with Gasteiger partial charge in [-0.25, -0.2) is 0 Å². The van der Waals surface area contributed by atoms with Crippen LogP contribution >= 0.6 is 0 Å². The average Bonchev–Trinajstić information content (AvgIpc) is 2.04. The summed E-state index contributed by atoms with van der Waals surface area (Å²) in [5, 5.41) is 0. The molecular weight excluding hydrogens is 170 g/mol. The zero-order valence-electron chi connectivity index (χ0n) is 8.08. The van der Waals surface area contributed by atoms with E-state index in [0.29, 0.717) is 19.6 Å². The highest BCUT2D eigenvalue weighted by molar-refractivity contribution is 6.00. The Morgan fingerprint density at radius 2 is 2.38 bits per heavy atom. The summed E-state index contributed by atoms with van der Waals surface area (Å²) in [6.07, 6.45) is 0.591. The zero-order valence-corrected chi connectivity index (χ0v) is 8.08. The Bertz CT molecular complexity index is 207. The summed E-state index contributed by atoms with van der Waals surface area (Å²) in [7, 11) is 1.87. The molecule has 1 heterocycles. The van der Waals surface area contributed by atoms with Crippen LogP contribution in [0.25, 0.3) is 0 Å². The smallest absolute Gasteiger partial charge is 0.316 e. The average molecular weight is 185 g/mol. The lowest BCUT2D eigenvalue weighted by molar-refractivity contribution is -0.153. The minimum absolute atomic E-state index is 0.0211. The molecule has 0 aromatic heterocycles. The maximum Gasteiger partial charge on any atom is 0.316 e. The van der Waals surface area contributed by atoms with Gasteiger partial charge in [0.05, 0.1) is 13.2 Å². The maximum atomic E-state index is 11.4. The predicted molar refractivity (Wildman–Crippen MR) is 47.2 cm³/mol. The number of Topliss-reactive ketones (excluding diaryl/α,β-unsaturated/α-hetero) is 1. The summed E-state index contributed by atoms with van der Waals surface area (Å²) in [6.45, 7) is 3.24. The molecule has 1 rings (SSSR count). The highest BCUT2D eigenvalue weighted by Gasteiger charge is 2.31. The summed E-state index contributed by atoms with van der Waals surface area (Å²) in [4.78, 5) is 24.5. The number of ether oxygens (including phenoxy) is 1. The fourth-order valence-corrected chi connectivity index (χ4v) is 1.46. The summed E-state index contributed by atoms with van der Waals surface area (Å²) in [5.41, 5.74) is 0. The molecule has 13 heavy (non-hydrogen) atoms. The van der Waals surface area contributed by atoms with Crippen molar-refractivity contribution in [3.63, 3.8) is 0 Å². The molecule has 4 heteroatoms. The number of ketones is 1. The molecule has 1 fully saturated rings. The van der Waals surface area contributed by atoms with E-state index >= 15 is 0 Å². The van der Waals surface area contributed by atoms with Crippen LogP contribution in [0.2, 0.25) is 0 Å². The molecule has 1 aliphatic heterocycles. The third-order valence-electron chi connectivity index (χ3n) is 2.19. The van der Waals surface area contributed by atoms with Crippen molar-refractivity contribution < 1.29 is 14.3 Å². The molecule has 0 radical (unpaired) electrons. The Balaban J connectivity index is 2.51. The monoisotopic (exact) mass is 185 g/mol. The van der Waals surface area contributed by atoms with E-state index in [1.165, 1.54) is 0 Å². The van der Waals surface area contributed by atoms with Crippen molar-refractivity contribution in [3.8, 4) is 0 Å². The van der Waals surface area contributed by atoms with Gasteiger partial charge >= 0.3 is 5.97 Å². The van der Waals surface area contributed by atoms with Gasteiger partial charge in [-0.3, -0.25) is 14.5 Å². The van der Waals surface area contributed by atoms with E-state index in [1.54, 1.807) is 6.92 Å². The molecule has 0 N–H and O–H groups in total. The highest BCUT2D eigenvalue weighted by atomic mass is 16.5. The second-order valence-electron chi connectivity index (χ2n) is 3.30. The number of carbonyl (C=O) groups is 2. The highest BCUT2D eigenvalue weighted by Crippen LogP contribution is 2.14. The maximum absolute atomic E-state index is 11.4. The first kappa shape index (κ1) is 10.2. The normalized spacial score (nSPS) is 24.5. The fraction of sp³-hybridized carbons (Fsp3) is 0.778. The number of hydrogen-bond acceptors (Lipinski definition) is 4. The molecule has 1 atom stereocenters. The van der Waals surface area contributed by atoms with Crippen LogP contribution in [0.5, 0.6) is 0 Å². The van der Waals surface area contributed by atoms with Gasteiger partial charge in [0.2, 0.25) is 0 Å². The van der Waals surface area contributed by atoms with Gasteiger partial charge in [-0.2, -0.15) is 0 Å². The fourth-order valence-electron chi connectivity index (χ4n) is 1.46. The third-order valence-corrected chi connectivity index (χ3v) is 2.19. The van der Waals surface area contributed by atoms with E-state index in [-0.39, 0.29) is 11.8 Å². The molecule has 1 aliphatic rings. The van der Waals surface area contributed by atoms with Gasteiger partial charge in [0.25, 0.3) is 0 Å². The van der Waals surface area contributed by atoms with Gasteiger partial charge in [-0.05, 0) is 26.9 Å². The Morgan fingerprint density at radius 1 is 1.69 bits per heavy atom. The topological polar surface area (TPSA) is 46.6 Å². The molecule has 0 aromatic rings. The molecule has 0 saturated carbocycles. The zero-order chi connectivity index (χ0) is 9.84. The van der Waals surface area contributed by atoms with Gasteiger partial charge in [0.15, 0.2) is 5.78 Å². The largest absolute Gasteiger partial charge is 0.465 e. The number of esters is 1. The summed E-state index contributed by atoms with van der Waals surface area (Å²) < 4.78 is 4.81. The van der Waals surface area contributed by atoms with E-state index in [4.69, 9.17) is 4.74 Å². The first-order valence-electron chi connectivity index (χ1n) is 4.53. The molecule has 4 nitrogen and oxygen atoms in total. The minimum Gasteiger partial charge on any atom is -0.465 e. The van der Waals surface area contributed by atoms with Gasteiger partial charge < -0.3 is 4.74 Å². The molecule has 0 bridgehead atoms. The number of rotatable bonds is 2. The molecule has 1 saturated heterocycles. The van der Waals surface area contributed by atoms with Crippen LogP contribution < -0.4 is 0 Å². The van der Waals surface area contributed by atoms with Gasteiger partial charge in [0.1, 0.15) is 5.92 Å². The predicted octanol–water partition coefficient (Wildman–Crippen LogP) is 0.0703. The van der Waals surface area contributed by atoms with Crippen molar-refractivity contribution in [1.82, 2.24) is 4.90 Å². The number of piperidine rings is 1. The van der Waals surface area contributed by atoms with Crippen molar-refractivity contribution in [2.24, 2.45) is 5.92 Å². The summed E-state index contributed by atoms with van der Waals surface area (Å²) in [5.74, 6) is -0.899. The number of carbonyl (C=O) groups excluding carboxylic acids is 2. The first-order chi connectivity index (χ1) is 6.15. The molecule has 0 amide bonds. The molecule has 74 valence electrons. The number of nitrogens with zero attached hydrogens (tertiary/aromatic N) is 1. The van der Waals surface area contributed by atoms with Crippen LogP contribution in [-0.2, 0) is 14.3 Å². The van der Waals surface area contributed by atoms with E-state index < -0.39 is 5.92 Å². The van der Waals surface area contributed by atoms with E-state index in [9.17, 15) is 9.59 Å². The van der Waals surface area contributed by atoms with Crippen molar-refractivity contribution in [2.45, 2.75) is 13.3 Å². The quantitative estimate of drug-likeness (QED) is 0.451. The lowest BCUT2D eigenvalue weighted by Gasteiger charge is -2.26. The van der Waals surface area contributed by atoms with E-state index in [1.807, 2.05) is 11.9 Å². The molecule has 1 unspecified atom stereocenters. The van der Waals surface area contributed by atoms with Crippen molar-refractivity contribution in [1.29, 1.82) is 0 Å². The minimum atomic E-state index is -0.517. The SMILES string of the molecule is CCOC(=O)C1CCN(C)CC1=O. The summed E-state index contributed by atoms with van der Waals surface area (Å²) in [6, 6.07) is 0. The van der Waals surface area contributed by atoms with Crippen molar-refractivity contribution in [3.05, 3.63) is 0 Å². The van der Waals surface area contributed by atoms with Crippen LogP contribution in [0.4, 0.5) is 0 Å². The molecule has 0 spiro atoms. The molecule has 0 aromatic carbocycles. The lowest BCUT2D eigenvalue weighted by Crippen LogP contribution is -2.42. The Labute approximate surface area is 77.8 Å². The van der Waals surface area contributed by atoms with E-state index in [0.717, 1.165) is 6.54 Å². The molecular formula is C9H15NO3. The van der Waals surface area contributed by atoms with Crippen LogP contribution in [0.1, 0.15) is 13.3 Å². The summed E-state index contributed by atoms with van der Waals surface area (Å²) >= 11 is 0. The second kappa shape index (κ2) is 4.37. The van der Waals surface area contributed by atoms with Crippen LogP contribution in [0.15, 0.2) is 0 Å². The Hall–Kier alpha value is -0.900. The third kappa shape index (κ3) is 2.52. The van der Waals surface area contributed by atoms with Gasteiger partial charge in [-0.1, -0.05) is 0 Å². The van der Waals surface area contributed by atoms with Crippen molar-refractivity contribution in [2.75, 3.05) is 26.7 Å². The Kier molecular flexibility index (Phi) is 3.42. The lowest BCUT2D eigenvalue weighted by atomic mass is 9.96. The van der Waals surface area contributed by atoms with Gasteiger partial charge in [0, 0.05) is 0 Å². The van der Waals surface area contributed by atoms with Crippen molar-refractivity contribution >= 4 is 11.8 Å². The number of hydrogen-bond donors (Lipinski definition) is 0. The first-order valence-corrected chi connectivity index (χ1v) is 4.53. The molecule has 0 aliphatic carbocycles. The van der Waals surface area contributed by atoms with Crippen LogP contribution in [0.3, 0.4) is 0 Å². The van der Waals surface area contributed by atoms with Crippen LogP contribution in [-0.4, -0.2) is 43.4 Å². The van der Waals surface area contributed by atoms with Gasteiger partial charge in [-0.15, -0.1) is 0 Å². The second-order valence-corrected chi connectivity index (χ2v) is 3.30. The Morgan fingerprint density at radius 3 is 2.92 bits per heavy atom. The van der Waals surface area contributed by atoms with Crippen LogP contribution in [0, 0.1) is 5.92 Å². The van der Waals surface area contributed by atoms with E-state index in [2.05, 4.69) is 0 Å². The number of likely N-dealkylation sites (tertiary alicyclic amines) is 1. The number of likely N-dealkylation sites (N-methyl/N-ethyl adjacent to an activating group) is 1. The standard InChI is InChI=1S/C9H15NO3/c1-3-13-9(12)7-4-5-10(2)6-8(7)11/h7H,3-6H2,1-2H3.